The molecule has 0 radical (unpaired) electrons. The molecule has 0 spiro atoms. The number of anilines is 1. The number of esters is 1. The lowest BCUT2D eigenvalue weighted by atomic mass is 10.3. The van der Waals surface area contributed by atoms with Crippen molar-refractivity contribution in [1.82, 2.24) is 4.57 Å². The number of halogens is 1. The predicted molar refractivity (Wildman–Crippen MR) is 76.7 cm³/mol. The molecule has 22 heavy (non-hydrogen) atoms. The van der Waals surface area contributed by atoms with E-state index < -0.39 is 24.3 Å². The molecule has 1 N–H and O–H groups in total. The molecule has 0 atom stereocenters. The van der Waals surface area contributed by atoms with E-state index in [4.69, 9.17) is 4.74 Å². The lowest BCUT2D eigenvalue weighted by Crippen LogP contribution is -2.26. The Morgan fingerprint density at radius 3 is 2.55 bits per heavy atom. The number of benzene rings is 1. The Morgan fingerprint density at radius 1 is 1.14 bits per heavy atom. The second kappa shape index (κ2) is 7.16. The molecule has 0 aliphatic heterocycles. The third kappa shape index (κ3) is 4.55. The van der Waals surface area contributed by atoms with Gasteiger partial charge in [0.05, 0.1) is 0 Å². The van der Waals surface area contributed by atoms with Crippen LogP contribution in [0.4, 0.5) is 10.1 Å². The number of ether oxygens (including phenoxy) is 1. The molecule has 0 aliphatic rings. The van der Waals surface area contributed by atoms with Crippen LogP contribution in [0.2, 0.25) is 0 Å². The Labute approximate surface area is 125 Å². The summed E-state index contributed by atoms with van der Waals surface area (Å²) in [5.41, 5.74) is 0.0527. The monoisotopic (exact) mass is 304 g/mol. The summed E-state index contributed by atoms with van der Waals surface area (Å²) in [6.07, 6.45) is 1.45. The van der Waals surface area contributed by atoms with Crippen molar-refractivity contribution in [3.63, 3.8) is 0 Å². The van der Waals surface area contributed by atoms with Crippen LogP contribution in [0, 0.1) is 5.82 Å². The zero-order chi connectivity index (χ0) is 15.9. The molecule has 0 saturated heterocycles. The summed E-state index contributed by atoms with van der Waals surface area (Å²) >= 11 is 0. The Bertz CT molecular complexity index is 725. The van der Waals surface area contributed by atoms with Gasteiger partial charge in [0.1, 0.15) is 12.4 Å². The fourth-order valence-electron chi connectivity index (χ4n) is 1.65. The number of carbonyl (C=O) groups is 2. The molecule has 0 fully saturated rings. The average Bonchev–Trinajstić information content (AvgIpc) is 2.50. The molecular formula is C15H13FN2O4. The Hall–Kier alpha value is -2.96. The number of carbonyl (C=O) groups excluding carboxylic acids is 2. The maximum atomic E-state index is 12.7. The number of hydrogen-bond donors (Lipinski definition) is 1. The summed E-state index contributed by atoms with van der Waals surface area (Å²) in [5.74, 6) is -1.68. The summed E-state index contributed by atoms with van der Waals surface area (Å²) in [5, 5.41) is 2.45. The van der Waals surface area contributed by atoms with Gasteiger partial charge in [-0.1, -0.05) is 6.07 Å². The predicted octanol–water partition coefficient (Wildman–Crippen LogP) is 1.17. The molecule has 0 unspecified atom stereocenters. The quantitative estimate of drug-likeness (QED) is 0.841. The van der Waals surface area contributed by atoms with Crippen molar-refractivity contribution in [1.29, 1.82) is 0 Å². The number of nitrogens with one attached hydrogen (secondary N) is 1. The number of hydrogen-bond acceptors (Lipinski definition) is 4. The minimum absolute atomic E-state index is 0.274. The first-order valence-corrected chi connectivity index (χ1v) is 6.41. The minimum Gasteiger partial charge on any atom is -0.454 e. The first-order valence-electron chi connectivity index (χ1n) is 6.41. The van der Waals surface area contributed by atoms with Gasteiger partial charge < -0.3 is 14.6 Å². The van der Waals surface area contributed by atoms with Crippen molar-refractivity contribution in [3.8, 4) is 0 Å². The standard InChI is InChI=1S/C15H13FN2O4/c16-11-4-6-12(7-5-11)17-13(19)10-22-15(21)9-18-8-2-1-3-14(18)20/h1-8H,9-10H2,(H,17,19). The number of aromatic nitrogens is 1. The van der Waals surface area contributed by atoms with Crippen LogP contribution < -0.4 is 10.9 Å². The third-order valence-corrected chi connectivity index (χ3v) is 2.69. The van der Waals surface area contributed by atoms with Crippen molar-refractivity contribution in [2.75, 3.05) is 11.9 Å². The van der Waals surface area contributed by atoms with Crippen LogP contribution in [0.15, 0.2) is 53.5 Å². The zero-order valence-corrected chi connectivity index (χ0v) is 11.5. The van der Waals surface area contributed by atoms with E-state index in [-0.39, 0.29) is 12.1 Å². The van der Waals surface area contributed by atoms with Crippen molar-refractivity contribution in [2.45, 2.75) is 6.54 Å². The number of nitrogens with zero attached hydrogens (tertiary/aromatic N) is 1. The maximum absolute atomic E-state index is 12.7. The largest absolute Gasteiger partial charge is 0.454 e. The van der Waals surface area contributed by atoms with Gasteiger partial charge in [-0.3, -0.25) is 14.4 Å². The molecule has 0 saturated carbocycles. The van der Waals surface area contributed by atoms with Gasteiger partial charge in [0.2, 0.25) is 0 Å². The van der Waals surface area contributed by atoms with E-state index in [1.165, 1.54) is 41.1 Å². The van der Waals surface area contributed by atoms with Crippen LogP contribution in [-0.2, 0) is 20.9 Å². The minimum atomic E-state index is -0.706. The summed E-state index contributed by atoms with van der Waals surface area (Å²) in [4.78, 5) is 34.5. The summed E-state index contributed by atoms with van der Waals surface area (Å²) in [6, 6.07) is 9.65. The molecule has 0 aliphatic carbocycles. The number of amides is 1. The molecule has 0 bridgehead atoms. The maximum Gasteiger partial charge on any atom is 0.326 e. The highest BCUT2D eigenvalue weighted by Gasteiger charge is 2.09. The first kappa shape index (κ1) is 15.4. The van der Waals surface area contributed by atoms with E-state index >= 15 is 0 Å². The van der Waals surface area contributed by atoms with E-state index in [1.807, 2.05) is 0 Å². The average molecular weight is 304 g/mol. The normalized spacial score (nSPS) is 10.0. The van der Waals surface area contributed by atoms with Gasteiger partial charge in [-0.2, -0.15) is 0 Å². The molecule has 1 heterocycles. The molecule has 114 valence electrons. The topological polar surface area (TPSA) is 77.4 Å². The van der Waals surface area contributed by atoms with E-state index in [1.54, 1.807) is 12.1 Å². The molecule has 1 aromatic carbocycles. The van der Waals surface area contributed by atoms with Crippen molar-refractivity contribution < 1.29 is 18.7 Å². The van der Waals surface area contributed by atoms with Crippen LogP contribution in [0.1, 0.15) is 0 Å². The van der Waals surface area contributed by atoms with Crippen molar-refractivity contribution in [2.24, 2.45) is 0 Å². The second-order valence-electron chi connectivity index (χ2n) is 4.38. The van der Waals surface area contributed by atoms with E-state index in [2.05, 4.69) is 5.32 Å². The molecule has 2 rings (SSSR count). The first-order chi connectivity index (χ1) is 10.5. The van der Waals surface area contributed by atoms with Gasteiger partial charge in [0.25, 0.3) is 11.5 Å². The van der Waals surface area contributed by atoms with Gasteiger partial charge in [0, 0.05) is 18.0 Å². The Balaban J connectivity index is 1.81. The molecule has 2 aromatic rings. The van der Waals surface area contributed by atoms with Crippen LogP contribution in [0.3, 0.4) is 0 Å². The van der Waals surface area contributed by atoms with Gasteiger partial charge in [-0.25, -0.2) is 4.39 Å². The van der Waals surface area contributed by atoms with Crippen LogP contribution in [0.25, 0.3) is 0 Å². The fraction of sp³-hybridized carbons (Fsp3) is 0.133. The summed E-state index contributed by atoms with van der Waals surface area (Å²) in [6.45, 7) is -0.763. The second-order valence-corrected chi connectivity index (χ2v) is 4.38. The lowest BCUT2D eigenvalue weighted by molar-refractivity contribution is -0.147. The molecular weight excluding hydrogens is 291 g/mol. The molecule has 1 aromatic heterocycles. The lowest BCUT2D eigenvalue weighted by Gasteiger charge is -2.07. The van der Waals surface area contributed by atoms with Gasteiger partial charge in [0.15, 0.2) is 6.61 Å². The van der Waals surface area contributed by atoms with Gasteiger partial charge in [-0.05, 0) is 30.3 Å². The highest BCUT2D eigenvalue weighted by molar-refractivity contribution is 5.92. The van der Waals surface area contributed by atoms with Crippen LogP contribution in [-0.4, -0.2) is 23.1 Å². The highest BCUT2D eigenvalue weighted by Crippen LogP contribution is 2.07. The van der Waals surface area contributed by atoms with E-state index in [0.29, 0.717) is 5.69 Å². The molecule has 6 nitrogen and oxygen atoms in total. The van der Waals surface area contributed by atoms with Crippen molar-refractivity contribution >= 4 is 17.6 Å². The summed E-state index contributed by atoms with van der Waals surface area (Å²) in [7, 11) is 0. The van der Waals surface area contributed by atoms with E-state index in [9.17, 15) is 18.8 Å². The number of pyridine rings is 1. The van der Waals surface area contributed by atoms with Gasteiger partial charge >= 0.3 is 5.97 Å². The zero-order valence-electron chi connectivity index (χ0n) is 11.5. The molecule has 7 heteroatoms. The van der Waals surface area contributed by atoms with Crippen LogP contribution in [0.5, 0.6) is 0 Å². The SMILES string of the molecule is O=C(COC(=O)Cn1ccccc1=O)Nc1ccc(F)cc1. The van der Waals surface area contributed by atoms with Crippen molar-refractivity contribution in [3.05, 3.63) is 64.8 Å². The van der Waals surface area contributed by atoms with E-state index in [0.717, 1.165) is 0 Å². The van der Waals surface area contributed by atoms with Gasteiger partial charge in [-0.15, -0.1) is 0 Å². The smallest absolute Gasteiger partial charge is 0.326 e. The number of rotatable bonds is 5. The third-order valence-electron chi connectivity index (χ3n) is 2.69. The molecule has 1 amide bonds. The van der Waals surface area contributed by atoms with Crippen LogP contribution >= 0.6 is 0 Å². The Kier molecular flexibility index (Phi) is 5.02. The Morgan fingerprint density at radius 2 is 1.86 bits per heavy atom. The summed E-state index contributed by atoms with van der Waals surface area (Å²) < 4.78 is 18.6. The fourth-order valence-corrected chi connectivity index (χ4v) is 1.65. The highest BCUT2D eigenvalue weighted by atomic mass is 19.1.